The van der Waals surface area contributed by atoms with E-state index in [9.17, 15) is 5.11 Å². The Hall–Kier alpha value is -0.970. The molecule has 1 aromatic carbocycles. The number of hydrogen-bond donors (Lipinski definition) is 3. The minimum absolute atomic E-state index is 0.243. The van der Waals surface area contributed by atoms with E-state index in [0.29, 0.717) is 6.54 Å². The number of halogens is 1. The standard InChI is InChI=1S/C14H21ClN2O2/c15-13-8-11(16-9-12(19)10-18)4-5-14(13)17-6-2-1-3-7-17/h4-5,8,12,16,18-19H,1-3,6-7,9-10H2. The Kier molecular flexibility index (Phi) is 5.31. The van der Waals surface area contributed by atoms with Gasteiger partial charge in [-0.2, -0.15) is 0 Å². The summed E-state index contributed by atoms with van der Waals surface area (Å²) in [4.78, 5) is 2.32. The number of anilines is 2. The molecule has 4 nitrogen and oxygen atoms in total. The topological polar surface area (TPSA) is 55.7 Å². The summed E-state index contributed by atoms with van der Waals surface area (Å²) in [7, 11) is 0. The van der Waals surface area contributed by atoms with Gasteiger partial charge in [-0.15, -0.1) is 0 Å². The maximum Gasteiger partial charge on any atom is 0.0942 e. The van der Waals surface area contributed by atoms with Crippen molar-refractivity contribution in [2.75, 3.05) is 36.5 Å². The van der Waals surface area contributed by atoms with Gasteiger partial charge in [-0.05, 0) is 37.5 Å². The van der Waals surface area contributed by atoms with Crippen LogP contribution in [0.25, 0.3) is 0 Å². The molecule has 106 valence electrons. The molecule has 19 heavy (non-hydrogen) atoms. The van der Waals surface area contributed by atoms with Gasteiger partial charge in [0.2, 0.25) is 0 Å². The molecule has 1 aliphatic heterocycles. The van der Waals surface area contributed by atoms with Crippen LogP contribution in [0.1, 0.15) is 19.3 Å². The van der Waals surface area contributed by atoms with Crippen molar-refractivity contribution in [3.63, 3.8) is 0 Å². The lowest BCUT2D eigenvalue weighted by atomic mass is 10.1. The van der Waals surface area contributed by atoms with Crippen molar-refractivity contribution < 1.29 is 10.2 Å². The van der Waals surface area contributed by atoms with E-state index in [1.165, 1.54) is 19.3 Å². The van der Waals surface area contributed by atoms with Crippen LogP contribution in [-0.4, -0.2) is 42.6 Å². The molecule has 5 heteroatoms. The van der Waals surface area contributed by atoms with Crippen LogP contribution in [-0.2, 0) is 0 Å². The number of aliphatic hydroxyl groups excluding tert-OH is 2. The normalized spacial score (nSPS) is 17.3. The largest absolute Gasteiger partial charge is 0.394 e. The Morgan fingerprint density at radius 3 is 2.63 bits per heavy atom. The summed E-state index contributed by atoms with van der Waals surface area (Å²) >= 11 is 6.32. The molecule has 3 N–H and O–H groups in total. The monoisotopic (exact) mass is 284 g/mol. The van der Waals surface area contributed by atoms with Gasteiger partial charge < -0.3 is 20.4 Å². The first kappa shape index (κ1) is 14.4. The lowest BCUT2D eigenvalue weighted by molar-refractivity contribution is 0.105. The van der Waals surface area contributed by atoms with Crippen molar-refractivity contribution in [2.24, 2.45) is 0 Å². The van der Waals surface area contributed by atoms with E-state index in [1.807, 2.05) is 18.2 Å². The van der Waals surface area contributed by atoms with Crippen LogP contribution >= 0.6 is 11.6 Å². The summed E-state index contributed by atoms with van der Waals surface area (Å²) in [5, 5.41) is 21.8. The van der Waals surface area contributed by atoms with Gasteiger partial charge in [0.25, 0.3) is 0 Å². The molecule has 0 spiro atoms. The highest BCUT2D eigenvalue weighted by molar-refractivity contribution is 6.33. The zero-order valence-corrected chi connectivity index (χ0v) is 11.7. The highest BCUT2D eigenvalue weighted by Crippen LogP contribution is 2.30. The number of hydrogen-bond acceptors (Lipinski definition) is 4. The van der Waals surface area contributed by atoms with Crippen molar-refractivity contribution in [1.82, 2.24) is 0 Å². The summed E-state index contributed by atoms with van der Waals surface area (Å²) in [5.74, 6) is 0. The van der Waals surface area contributed by atoms with Gasteiger partial charge in [0.1, 0.15) is 0 Å². The SMILES string of the molecule is OCC(O)CNc1ccc(N2CCCCC2)c(Cl)c1. The van der Waals surface area contributed by atoms with Gasteiger partial charge in [-0.1, -0.05) is 11.6 Å². The van der Waals surface area contributed by atoms with Gasteiger partial charge >= 0.3 is 0 Å². The molecule has 1 saturated heterocycles. The Morgan fingerprint density at radius 2 is 2.00 bits per heavy atom. The van der Waals surface area contributed by atoms with E-state index >= 15 is 0 Å². The fourth-order valence-electron chi connectivity index (χ4n) is 2.31. The fraction of sp³-hybridized carbons (Fsp3) is 0.571. The third kappa shape index (κ3) is 4.00. The first-order chi connectivity index (χ1) is 9.20. The lowest BCUT2D eigenvalue weighted by Gasteiger charge is -2.29. The molecular weight excluding hydrogens is 264 g/mol. The number of benzene rings is 1. The number of nitrogens with zero attached hydrogens (tertiary/aromatic N) is 1. The molecule has 1 unspecified atom stereocenters. The Labute approximate surface area is 119 Å². The van der Waals surface area contributed by atoms with Crippen LogP contribution in [0.2, 0.25) is 5.02 Å². The second kappa shape index (κ2) is 6.98. The molecule has 0 bridgehead atoms. The van der Waals surface area contributed by atoms with Crippen LogP contribution in [0.15, 0.2) is 18.2 Å². The molecule has 1 fully saturated rings. The molecule has 0 aromatic heterocycles. The average Bonchev–Trinajstić information content (AvgIpc) is 2.45. The van der Waals surface area contributed by atoms with E-state index in [-0.39, 0.29) is 6.61 Å². The molecule has 0 amide bonds. The summed E-state index contributed by atoms with van der Waals surface area (Å²) in [6.07, 6.45) is 2.99. The molecule has 0 radical (unpaired) electrons. The van der Waals surface area contributed by atoms with Gasteiger partial charge in [-0.25, -0.2) is 0 Å². The molecular formula is C14H21ClN2O2. The van der Waals surface area contributed by atoms with Gasteiger partial charge in [0.05, 0.1) is 23.4 Å². The summed E-state index contributed by atoms with van der Waals surface area (Å²) in [6, 6.07) is 5.84. The molecule has 0 saturated carbocycles. The van der Waals surface area contributed by atoms with E-state index in [1.54, 1.807) is 0 Å². The van der Waals surface area contributed by atoms with E-state index in [2.05, 4.69) is 10.2 Å². The number of rotatable bonds is 5. The van der Waals surface area contributed by atoms with Crippen LogP contribution in [0.4, 0.5) is 11.4 Å². The molecule has 1 heterocycles. The Morgan fingerprint density at radius 1 is 1.26 bits per heavy atom. The predicted octanol–water partition coefficient (Wildman–Crippen LogP) is 2.10. The molecule has 1 aromatic rings. The van der Waals surface area contributed by atoms with Gasteiger partial charge in [0.15, 0.2) is 0 Å². The van der Waals surface area contributed by atoms with E-state index < -0.39 is 6.10 Å². The lowest BCUT2D eigenvalue weighted by Crippen LogP contribution is -2.29. The first-order valence-electron chi connectivity index (χ1n) is 6.78. The number of nitrogens with one attached hydrogen (secondary N) is 1. The second-order valence-electron chi connectivity index (χ2n) is 4.93. The molecule has 0 aliphatic carbocycles. The fourth-order valence-corrected chi connectivity index (χ4v) is 2.61. The van der Waals surface area contributed by atoms with Crippen molar-refractivity contribution >= 4 is 23.0 Å². The van der Waals surface area contributed by atoms with Crippen LogP contribution in [0, 0.1) is 0 Å². The summed E-state index contributed by atoms with van der Waals surface area (Å²) in [6.45, 7) is 2.20. The smallest absolute Gasteiger partial charge is 0.0942 e. The highest BCUT2D eigenvalue weighted by atomic mass is 35.5. The predicted molar refractivity (Wildman–Crippen MR) is 79.1 cm³/mol. The van der Waals surface area contributed by atoms with Crippen LogP contribution in [0.5, 0.6) is 0 Å². The summed E-state index contributed by atoms with van der Waals surface area (Å²) < 4.78 is 0. The van der Waals surface area contributed by atoms with Gasteiger partial charge in [-0.3, -0.25) is 0 Å². The molecule has 1 atom stereocenters. The van der Waals surface area contributed by atoms with Crippen molar-refractivity contribution in [3.05, 3.63) is 23.2 Å². The minimum atomic E-state index is -0.749. The zero-order valence-electron chi connectivity index (χ0n) is 11.0. The maximum atomic E-state index is 9.29. The number of piperidine rings is 1. The third-order valence-corrected chi connectivity index (χ3v) is 3.70. The van der Waals surface area contributed by atoms with E-state index in [0.717, 1.165) is 29.5 Å². The minimum Gasteiger partial charge on any atom is -0.394 e. The Bertz CT molecular complexity index is 408. The third-order valence-electron chi connectivity index (χ3n) is 3.40. The van der Waals surface area contributed by atoms with Crippen molar-refractivity contribution in [1.29, 1.82) is 0 Å². The number of aliphatic hydroxyl groups is 2. The quantitative estimate of drug-likeness (QED) is 0.775. The maximum absolute atomic E-state index is 9.29. The molecule has 2 rings (SSSR count). The van der Waals surface area contributed by atoms with Gasteiger partial charge in [0, 0.05) is 25.3 Å². The zero-order chi connectivity index (χ0) is 13.7. The van der Waals surface area contributed by atoms with Crippen molar-refractivity contribution in [3.8, 4) is 0 Å². The van der Waals surface area contributed by atoms with Crippen molar-refractivity contribution in [2.45, 2.75) is 25.4 Å². The second-order valence-corrected chi connectivity index (χ2v) is 5.34. The van der Waals surface area contributed by atoms with E-state index in [4.69, 9.17) is 16.7 Å². The molecule has 1 aliphatic rings. The van der Waals surface area contributed by atoms with Crippen LogP contribution < -0.4 is 10.2 Å². The average molecular weight is 285 g/mol. The summed E-state index contributed by atoms with van der Waals surface area (Å²) in [5.41, 5.74) is 1.94. The highest BCUT2D eigenvalue weighted by Gasteiger charge is 2.14. The Balaban J connectivity index is 2.00. The van der Waals surface area contributed by atoms with Crippen LogP contribution in [0.3, 0.4) is 0 Å². The first-order valence-corrected chi connectivity index (χ1v) is 7.16.